The minimum atomic E-state index is -0.654. The maximum atomic E-state index is 13.5. The average molecular weight is 386 g/mol. The molecule has 0 heterocycles. The number of amides is 1. The molecule has 22 heavy (non-hydrogen) atoms. The van der Waals surface area contributed by atoms with Gasteiger partial charge in [0.1, 0.15) is 11.6 Å². The molecule has 1 N–H and O–H groups in total. The van der Waals surface area contributed by atoms with Gasteiger partial charge in [0.25, 0.3) is 0 Å². The zero-order chi connectivity index (χ0) is 16.1. The summed E-state index contributed by atoms with van der Waals surface area (Å²) in [6, 6.07) is 10.8. The summed E-state index contributed by atoms with van der Waals surface area (Å²) in [7, 11) is 0. The highest BCUT2D eigenvalue weighted by Gasteiger charge is 2.11. The number of hydrogen-bond acceptors (Lipinski definition) is 2. The van der Waals surface area contributed by atoms with E-state index in [9.17, 15) is 13.6 Å². The van der Waals surface area contributed by atoms with Gasteiger partial charge in [0.05, 0.1) is 11.8 Å². The van der Waals surface area contributed by atoms with E-state index in [0.717, 1.165) is 27.9 Å². The molecule has 116 valence electrons. The summed E-state index contributed by atoms with van der Waals surface area (Å²) >= 11 is 4.40. The fourth-order valence-corrected chi connectivity index (χ4v) is 2.85. The monoisotopic (exact) mass is 385 g/mol. The molecule has 0 saturated carbocycles. The first-order chi connectivity index (χ1) is 10.5. The Labute approximate surface area is 140 Å². The summed E-state index contributed by atoms with van der Waals surface area (Å²) < 4.78 is 27.2. The van der Waals surface area contributed by atoms with E-state index in [1.807, 2.05) is 31.2 Å². The molecule has 0 aromatic heterocycles. The van der Waals surface area contributed by atoms with Crippen molar-refractivity contribution in [1.29, 1.82) is 0 Å². The first-order valence-electron chi connectivity index (χ1n) is 6.58. The van der Waals surface area contributed by atoms with E-state index in [1.54, 1.807) is 0 Å². The largest absolute Gasteiger partial charge is 0.349 e. The van der Waals surface area contributed by atoms with Gasteiger partial charge in [-0.3, -0.25) is 4.79 Å². The van der Waals surface area contributed by atoms with Crippen LogP contribution in [0, 0.1) is 11.6 Å². The second kappa shape index (κ2) is 7.74. The molecule has 0 bridgehead atoms. The summed E-state index contributed by atoms with van der Waals surface area (Å²) in [6.07, 6.45) is 0. The fraction of sp³-hybridized carbons (Fsp3) is 0.188. The predicted molar refractivity (Wildman–Crippen MR) is 87.8 cm³/mol. The van der Waals surface area contributed by atoms with Gasteiger partial charge in [0.15, 0.2) is 0 Å². The Hall–Kier alpha value is -1.40. The maximum Gasteiger partial charge on any atom is 0.230 e. The van der Waals surface area contributed by atoms with Crippen LogP contribution in [0.15, 0.2) is 51.8 Å². The number of carbonyl (C=O) groups is 1. The lowest BCUT2D eigenvalue weighted by atomic mass is 10.1. The molecule has 0 aliphatic heterocycles. The van der Waals surface area contributed by atoms with Crippen molar-refractivity contribution in [3.05, 3.63) is 64.1 Å². The smallest absolute Gasteiger partial charge is 0.230 e. The Morgan fingerprint density at radius 1 is 1.23 bits per heavy atom. The van der Waals surface area contributed by atoms with E-state index in [-0.39, 0.29) is 22.6 Å². The number of carbonyl (C=O) groups excluding carboxylic acids is 1. The third kappa shape index (κ3) is 4.81. The summed E-state index contributed by atoms with van der Waals surface area (Å²) in [5.74, 6) is -1.42. The van der Waals surface area contributed by atoms with Crippen molar-refractivity contribution in [2.45, 2.75) is 17.9 Å². The Morgan fingerprint density at radius 2 is 1.91 bits per heavy atom. The van der Waals surface area contributed by atoms with Gasteiger partial charge in [0.2, 0.25) is 5.91 Å². The Kier molecular flexibility index (Phi) is 5.97. The van der Waals surface area contributed by atoms with E-state index in [2.05, 4.69) is 21.2 Å². The molecular weight excluding hydrogens is 372 g/mol. The third-order valence-corrected chi connectivity index (χ3v) is 4.58. The first-order valence-corrected chi connectivity index (χ1v) is 8.36. The van der Waals surface area contributed by atoms with Crippen molar-refractivity contribution in [3.8, 4) is 0 Å². The zero-order valence-electron chi connectivity index (χ0n) is 11.8. The van der Waals surface area contributed by atoms with Crippen molar-refractivity contribution in [1.82, 2.24) is 5.32 Å². The molecule has 1 atom stereocenters. The van der Waals surface area contributed by atoms with Gasteiger partial charge in [-0.1, -0.05) is 28.1 Å². The maximum absolute atomic E-state index is 13.5. The van der Waals surface area contributed by atoms with Crippen molar-refractivity contribution < 1.29 is 13.6 Å². The molecule has 2 nitrogen and oxygen atoms in total. The molecule has 0 spiro atoms. The number of rotatable bonds is 5. The van der Waals surface area contributed by atoms with Crippen LogP contribution in [0.4, 0.5) is 8.78 Å². The van der Waals surface area contributed by atoms with Crippen molar-refractivity contribution in [2.75, 3.05) is 5.75 Å². The van der Waals surface area contributed by atoms with Gasteiger partial charge in [-0.15, -0.1) is 11.8 Å². The van der Waals surface area contributed by atoms with E-state index in [1.165, 1.54) is 12.1 Å². The summed E-state index contributed by atoms with van der Waals surface area (Å²) in [5.41, 5.74) is 0.981. The van der Waals surface area contributed by atoms with Gasteiger partial charge < -0.3 is 5.32 Å². The first kappa shape index (κ1) is 17.0. The molecule has 6 heteroatoms. The minimum absolute atomic E-state index is 0.0728. The van der Waals surface area contributed by atoms with Crippen LogP contribution in [-0.2, 0) is 4.79 Å². The standard InChI is InChI=1S/C16H14BrF2NOS/c1-10(11-2-4-12(17)5-3-11)20-16(21)9-22-15-7-6-13(18)8-14(15)19/h2-8,10H,9H2,1H3,(H,20,21)/t10-/m0/s1. The second-order valence-corrected chi connectivity index (χ2v) is 6.64. The van der Waals surface area contributed by atoms with E-state index in [4.69, 9.17) is 0 Å². The lowest BCUT2D eigenvalue weighted by molar-refractivity contribution is -0.119. The molecule has 2 rings (SSSR count). The molecule has 2 aromatic rings. The van der Waals surface area contributed by atoms with Gasteiger partial charge >= 0.3 is 0 Å². The molecule has 2 aromatic carbocycles. The molecule has 0 radical (unpaired) electrons. The highest BCUT2D eigenvalue weighted by molar-refractivity contribution is 9.10. The molecule has 0 unspecified atom stereocenters. The van der Waals surface area contributed by atoms with Crippen LogP contribution in [0.5, 0.6) is 0 Å². The van der Waals surface area contributed by atoms with Crippen LogP contribution in [0.25, 0.3) is 0 Å². The highest BCUT2D eigenvalue weighted by Crippen LogP contribution is 2.22. The highest BCUT2D eigenvalue weighted by atomic mass is 79.9. The number of hydrogen-bond donors (Lipinski definition) is 1. The van der Waals surface area contributed by atoms with Crippen LogP contribution in [0.2, 0.25) is 0 Å². The molecule has 1 amide bonds. The van der Waals surface area contributed by atoms with Gasteiger partial charge in [-0.25, -0.2) is 8.78 Å². The molecule has 0 aliphatic carbocycles. The fourth-order valence-electron chi connectivity index (χ4n) is 1.85. The number of nitrogens with one attached hydrogen (secondary N) is 1. The van der Waals surface area contributed by atoms with Crippen molar-refractivity contribution in [3.63, 3.8) is 0 Å². The second-order valence-electron chi connectivity index (χ2n) is 4.70. The quantitative estimate of drug-likeness (QED) is 0.755. The topological polar surface area (TPSA) is 29.1 Å². The molecule has 0 saturated heterocycles. The third-order valence-electron chi connectivity index (χ3n) is 3.00. The number of thioether (sulfide) groups is 1. The van der Waals surface area contributed by atoms with Crippen LogP contribution < -0.4 is 5.32 Å². The van der Waals surface area contributed by atoms with E-state index in [0.29, 0.717) is 0 Å². The van der Waals surface area contributed by atoms with Crippen LogP contribution in [-0.4, -0.2) is 11.7 Å². The van der Waals surface area contributed by atoms with Gasteiger partial charge in [0, 0.05) is 15.4 Å². The average Bonchev–Trinajstić information content (AvgIpc) is 2.47. The Balaban J connectivity index is 1.88. The van der Waals surface area contributed by atoms with Gasteiger partial charge in [-0.05, 0) is 36.8 Å². The SMILES string of the molecule is C[C@H](NC(=O)CSc1ccc(F)cc1F)c1ccc(Br)cc1. The minimum Gasteiger partial charge on any atom is -0.349 e. The molecular formula is C16H14BrF2NOS. The van der Waals surface area contributed by atoms with Crippen LogP contribution in [0.3, 0.4) is 0 Å². The normalized spacial score (nSPS) is 12.0. The van der Waals surface area contributed by atoms with Gasteiger partial charge in [-0.2, -0.15) is 0 Å². The lowest BCUT2D eigenvalue weighted by Crippen LogP contribution is -2.28. The summed E-state index contributed by atoms with van der Waals surface area (Å²) in [6.45, 7) is 1.88. The Morgan fingerprint density at radius 3 is 2.55 bits per heavy atom. The molecule has 0 aliphatic rings. The van der Waals surface area contributed by atoms with E-state index < -0.39 is 11.6 Å². The zero-order valence-corrected chi connectivity index (χ0v) is 14.2. The van der Waals surface area contributed by atoms with Crippen LogP contribution >= 0.6 is 27.7 Å². The van der Waals surface area contributed by atoms with E-state index >= 15 is 0 Å². The molecule has 0 fully saturated rings. The van der Waals surface area contributed by atoms with Crippen molar-refractivity contribution in [2.24, 2.45) is 0 Å². The summed E-state index contributed by atoms with van der Waals surface area (Å²) in [5, 5.41) is 2.85. The summed E-state index contributed by atoms with van der Waals surface area (Å²) in [4.78, 5) is 12.2. The Bertz CT molecular complexity index is 664. The van der Waals surface area contributed by atoms with Crippen molar-refractivity contribution >= 4 is 33.6 Å². The number of halogens is 3. The number of benzene rings is 2. The van der Waals surface area contributed by atoms with Crippen LogP contribution in [0.1, 0.15) is 18.5 Å². The predicted octanol–water partition coefficient (Wildman–Crippen LogP) is 4.70. The lowest BCUT2D eigenvalue weighted by Gasteiger charge is -2.14.